The Morgan fingerprint density at radius 2 is 1.91 bits per heavy atom. The van der Waals surface area contributed by atoms with E-state index in [1.54, 1.807) is 42.5 Å². The summed E-state index contributed by atoms with van der Waals surface area (Å²) in [4.78, 5) is 12.5. The molecule has 0 fully saturated rings. The largest absolute Gasteiger partial charge is 0.490 e. The van der Waals surface area contributed by atoms with Crippen molar-refractivity contribution in [3.8, 4) is 23.3 Å². The maximum absolute atomic E-state index is 12.5. The van der Waals surface area contributed by atoms with Crippen molar-refractivity contribution in [1.82, 2.24) is 0 Å². The van der Waals surface area contributed by atoms with E-state index in [0.29, 0.717) is 35.0 Å². The molecular formula is C27H22N2O4. The van der Waals surface area contributed by atoms with Crippen LogP contribution in [0.5, 0.6) is 17.2 Å². The first-order valence-corrected chi connectivity index (χ1v) is 10.3. The standard InChI is InChI=1S/C27H22N2O4/c1-3-13-31-20-9-7-18(8-10-20)25-22-12-11-21(15-24(22)33-26(29)23(25)16-28)32-27(30)19-6-4-5-17(2)14-19/h3-12,14-15,25H,1,13,29H2,2H3. The Labute approximate surface area is 192 Å². The Morgan fingerprint density at radius 1 is 1.15 bits per heavy atom. The zero-order chi connectivity index (χ0) is 23.4. The minimum absolute atomic E-state index is 0.0177. The van der Waals surface area contributed by atoms with Crippen molar-refractivity contribution in [3.05, 3.63) is 113 Å². The first-order chi connectivity index (χ1) is 16.0. The average Bonchev–Trinajstić information content (AvgIpc) is 2.82. The van der Waals surface area contributed by atoms with Gasteiger partial charge in [-0.3, -0.25) is 0 Å². The van der Waals surface area contributed by atoms with Gasteiger partial charge in [-0.25, -0.2) is 4.79 Å². The molecule has 6 heteroatoms. The number of hydrogen-bond acceptors (Lipinski definition) is 6. The number of rotatable bonds is 6. The Balaban J connectivity index is 1.65. The van der Waals surface area contributed by atoms with Crippen LogP contribution in [0.4, 0.5) is 0 Å². The molecule has 3 aromatic rings. The number of allylic oxidation sites excluding steroid dienone is 1. The van der Waals surface area contributed by atoms with Crippen molar-refractivity contribution in [1.29, 1.82) is 5.26 Å². The maximum Gasteiger partial charge on any atom is 0.343 e. The van der Waals surface area contributed by atoms with E-state index in [0.717, 1.165) is 16.7 Å². The Kier molecular flexibility index (Phi) is 6.14. The summed E-state index contributed by atoms with van der Waals surface area (Å²) in [5.74, 6) is 0.568. The SMILES string of the molecule is C=CCOc1ccc(C2C(C#N)=C(N)Oc3cc(OC(=O)c4cccc(C)c4)ccc32)cc1. The summed E-state index contributed by atoms with van der Waals surface area (Å²) in [6.07, 6.45) is 1.67. The molecule has 6 nitrogen and oxygen atoms in total. The minimum atomic E-state index is -0.470. The van der Waals surface area contributed by atoms with E-state index in [1.165, 1.54) is 0 Å². The second kappa shape index (κ2) is 9.33. The molecule has 3 aromatic carbocycles. The number of esters is 1. The Bertz CT molecular complexity index is 1290. The Morgan fingerprint density at radius 3 is 2.61 bits per heavy atom. The molecule has 164 valence electrons. The van der Waals surface area contributed by atoms with Gasteiger partial charge in [-0.05, 0) is 42.8 Å². The molecule has 0 radical (unpaired) electrons. The second-order valence-corrected chi connectivity index (χ2v) is 7.55. The fraction of sp³-hybridized carbons (Fsp3) is 0.111. The van der Waals surface area contributed by atoms with Crippen molar-refractivity contribution in [2.24, 2.45) is 5.73 Å². The highest BCUT2D eigenvalue weighted by atomic mass is 16.5. The third kappa shape index (κ3) is 4.58. The van der Waals surface area contributed by atoms with Gasteiger partial charge in [0.05, 0.1) is 11.5 Å². The Hall–Kier alpha value is -4.50. The lowest BCUT2D eigenvalue weighted by Gasteiger charge is -2.26. The summed E-state index contributed by atoms with van der Waals surface area (Å²) in [6.45, 7) is 5.95. The number of ether oxygens (including phenoxy) is 3. The zero-order valence-corrected chi connectivity index (χ0v) is 18.1. The van der Waals surface area contributed by atoms with Crippen molar-refractivity contribution < 1.29 is 19.0 Å². The number of nitriles is 1. The molecule has 0 saturated carbocycles. The first-order valence-electron chi connectivity index (χ1n) is 10.3. The van der Waals surface area contributed by atoms with Gasteiger partial charge in [-0.2, -0.15) is 5.26 Å². The molecule has 1 aliphatic heterocycles. The first kappa shape index (κ1) is 21.7. The average molecular weight is 438 g/mol. The third-order valence-electron chi connectivity index (χ3n) is 5.24. The van der Waals surface area contributed by atoms with Crippen LogP contribution in [0, 0.1) is 18.3 Å². The fourth-order valence-corrected chi connectivity index (χ4v) is 3.69. The molecule has 0 amide bonds. The van der Waals surface area contributed by atoms with E-state index in [4.69, 9.17) is 19.9 Å². The van der Waals surface area contributed by atoms with Crippen LogP contribution in [-0.4, -0.2) is 12.6 Å². The molecule has 1 atom stereocenters. The molecule has 0 aromatic heterocycles. The third-order valence-corrected chi connectivity index (χ3v) is 5.24. The van der Waals surface area contributed by atoms with E-state index in [-0.39, 0.29) is 5.88 Å². The van der Waals surface area contributed by atoms with Gasteiger partial charge in [0.15, 0.2) is 0 Å². The van der Waals surface area contributed by atoms with Crippen molar-refractivity contribution >= 4 is 5.97 Å². The summed E-state index contributed by atoms with van der Waals surface area (Å²) >= 11 is 0. The predicted molar refractivity (Wildman–Crippen MR) is 124 cm³/mol. The summed E-state index contributed by atoms with van der Waals surface area (Å²) in [6, 6.07) is 21.8. The highest BCUT2D eigenvalue weighted by Crippen LogP contribution is 2.43. The van der Waals surface area contributed by atoms with Crippen LogP contribution in [0.2, 0.25) is 0 Å². The number of nitrogens with two attached hydrogens (primary N) is 1. The minimum Gasteiger partial charge on any atom is -0.490 e. The van der Waals surface area contributed by atoms with Gasteiger partial charge in [0, 0.05) is 11.6 Å². The molecule has 4 rings (SSSR count). The van der Waals surface area contributed by atoms with Crippen molar-refractivity contribution in [2.75, 3.05) is 6.61 Å². The summed E-state index contributed by atoms with van der Waals surface area (Å²) < 4.78 is 16.8. The molecule has 2 N–H and O–H groups in total. The van der Waals surface area contributed by atoms with E-state index in [1.807, 2.05) is 37.3 Å². The molecule has 0 saturated heterocycles. The van der Waals surface area contributed by atoms with Crippen LogP contribution in [0.25, 0.3) is 0 Å². The number of hydrogen-bond donors (Lipinski definition) is 1. The number of aryl methyl sites for hydroxylation is 1. The summed E-state index contributed by atoms with van der Waals surface area (Å²) in [5, 5.41) is 9.74. The van der Waals surface area contributed by atoms with Crippen LogP contribution in [0.1, 0.15) is 33.0 Å². The van der Waals surface area contributed by atoms with Crippen LogP contribution >= 0.6 is 0 Å². The van der Waals surface area contributed by atoms with Crippen molar-refractivity contribution in [2.45, 2.75) is 12.8 Å². The molecule has 0 aliphatic carbocycles. The van der Waals surface area contributed by atoms with Gasteiger partial charge in [0.2, 0.25) is 5.88 Å². The molecule has 0 bridgehead atoms. The monoisotopic (exact) mass is 438 g/mol. The number of carbonyl (C=O) groups excluding carboxylic acids is 1. The summed E-state index contributed by atoms with van der Waals surface area (Å²) in [5.41, 5.74) is 9.41. The number of nitrogens with zero attached hydrogens (tertiary/aromatic N) is 1. The van der Waals surface area contributed by atoms with E-state index < -0.39 is 11.9 Å². The van der Waals surface area contributed by atoms with E-state index in [2.05, 4.69) is 12.6 Å². The van der Waals surface area contributed by atoms with Gasteiger partial charge in [0.25, 0.3) is 0 Å². The smallest absolute Gasteiger partial charge is 0.343 e. The van der Waals surface area contributed by atoms with Crippen LogP contribution in [-0.2, 0) is 0 Å². The van der Waals surface area contributed by atoms with Crippen LogP contribution in [0.3, 0.4) is 0 Å². The molecule has 1 heterocycles. The van der Waals surface area contributed by atoms with E-state index in [9.17, 15) is 10.1 Å². The van der Waals surface area contributed by atoms with E-state index >= 15 is 0 Å². The highest BCUT2D eigenvalue weighted by Gasteiger charge is 2.31. The molecule has 1 unspecified atom stereocenters. The lowest BCUT2D eigenvalue weighted by molar-refractivity contribution is 0.0734. The predicted octanol–water partition coefficient (Wildman–Crippen LogP) is 5.00. The zero-order valence-electron chi connectivity index (χ0n) is 18.1. The fourth-order valence-electron chi connectivity index (χ4n) is 3.69. The lowest BCUT2D eigenvalue weighted by Crippen LogP contribution is -2.21. The maximum atomic E-state index is 12.5. The summed E-state index contributed by atoms with van der Waals surface area (Å²) in [7, 11) is 0. The van der Waals surface area contributed by atoms with Crippen LogP contribution in [0.15, 0.2) is 90.8 Å². The quantitative estimate of drug-likeness (QED) is 0.331. The molecular weight excluding hydrogens is 416 g/mol. The van der Waals surface area contributed by atoms with Crippen molar-refractivity contribution in [3.63, 3.8) is 0 Å². The van der Waals surface area contributed by atoms with Gasteiger partial charge in [0.1, 0.15) is 35.5 Å². The van der Waals surface area contributed by atoms with Gasteiger partial charge >= 0.3 is 5.97 Å². The number of fused-ring (bicyclic) bond motifs is 1. The topological polar surface area (TPSA) is 94.6 Å². The second-order valence-electron chi connectivity index (χ2n) is 7.55. The molecule has 1 aliphatic rings. The van der Waals surface area contributed by atoms with Gasteiger partial charge in [-0.1, -0.05) is 48.6 Å². The van der Waals surface area contributed by atoms with Gasteiger partial charge in [-0.15, -0.1) is 0 Å². The molecule has 33 heavy (non-hydrogen) atoms. The number of carbonyl (C=O) groups is 1. The highest BCUT2D eigenvalue weighted by molar-refractivity contribution is 5.91. The van der Waals surface area contributed by atoms with Crippen LogP contribution < -0.4 is 19.9 Å². The molecule has 0 spiro atoms. The lowest BCUT2D eigenvalue weighted by atomic mass is 9.83. The van der Waals surface area contributed by atoms with Gasteiger partial charge < -0.3 is 19.9 Å². The number of benzene rings is 3. The normalized spacial score (nSPS) is 14.5.